The number of rotatable bonds is 7. The van der Waals surface area contributed by atoms with Crippen LogP contribution in [0, 0.1) is 0 Å². The Hall–Kier alpha value is -3.27. The van der Waals surface area contributed by atoms with Crippen molar-refractivity contribution in [3.63, 3.8) is 0 Å². The molecule has 27 heavy (non-hydrogen) atoms. The van der Waals surface area contributed by atoms with Crippen molar-refractivity contribution < 1.29 is 17.9 Å². The third-order valence-corrected chi connectivity index (χ3v) is 4.93. The molecule has 0 bridgehead atoms. The number of carbonyl (C=O) groups is 1. The molecule has 9 nitrogen and oxygen atoms in total. The average Bonchev–Trinajstić information content (AvgIpc) is 3.21. The lowest BCUT2D eigenvalue weighted by Crippen LogP contribution is -2.14. The van der Waals surface area contributed by atoms with E-state index in [4.69, 9.17) is 4.74 Å². The van der Waals surface area contributed by atoms with E-state index >= 15 is 0 Å². The van der Waals surface area contributed by atoms with Gasteiger partial charge in [-0.2, -0.15) is 0 Å². The van der Waals surface area contributed by atoms with E-state index in [2.05, 4.69) is 20.2 Å². The molecule has 0 unspecified atom stereocenters. The zero-order chi connectivity index (χ0) is 19.3. The number of aromatic nitrogens is 4. The maximum atomic E-state index is 12.6. The van der Waals surface area contributed by atoms with E-state index in [9.17, 15) is 13.2 Å². The maximum absolute atomic E-state index is 12.6. The van der Waals surface area contributed by atoms with Crippen LogP contribution in [0.25, 0.3) is 5.69 Å². The lowest BCUT2D eigenvalue weighted by molar-refractivity contribution is 0.0505. The van der Waals surface area contributed by atoms with Crippen LogP contribution in [0.4, 0.5) is 5.69 Å². The molecule has 0 saturated heterocycles. The van der Waals surface area contributed by atoms with E-state index in [0.717, 1.165) is 6.42 Å². The summed E-state index contributed by atoms with van der Waals surface area (Å²) < 4.78 is 34.1. The average molecular weight is 387 g/mol. The third kappa shape index (κ3) is 4.47. The van der Waals surface area contributed by atoms with Gasteiger partial charge in [-0.1, -0.05) is 13.0 Å². The van der Waals surface area contributed by atoms with Crippen molar-refractivity contribution in [2.45, 2.75) is 18.2 Å². The van der Waals surface area contributed by atoms with Crippen LogP contribution in [0.3, 0.4) is 0 Å². The maximum Gasteiger partial charge on any atom is 0.338 e. The topological polar surface area (TPSA) is 116 Å². The Bertz CT molecular complexity index is 1020. The first-order valence-corrected chi connectivity index (χ1v) is 9.61. The lowest BCUT2D eigenvalue weighted by atomic mass is 10.2. The Morgan fingerprint density at radius 3 is 2.63 bits per heavy atom. The van der Waals surface area contributed by atoms with E-state index in [1.165, 1.54) is 47.4 Å². The van der Waals surface area contributed by atoms with Crippen LogP contribution in [-0.2, 0) is 14.8 Å². The Balaban J connectivity index is 1.77. The van der Waals surface area contributed by atoms with Gasteiger partial charge in [0.15, 0.2) is 0 Å². The molecular formula is C17H17N5O4S. The second-order valence-electron chi connectivity index (χ2n) is 5.57. The van der Waals surface area contributed by atoms with Gasteiger partial charge in [-0.05, 0) is 59.3 Å². The van der Waals surface area contributed by atoms with Crippen LogP contribution in [0.2, 0.25) is 0 Å². The van der Waals surface area contributed by atoms with E-state index in [-0.39, 0.29) is 4.90 Å². The van der Waals surface area contributed by atoms with Crippen LogP contribution in [-0.4, -0.2) is 41.2 Å². The summed E-state index contributed by atoms with van der Waals surface area (Å²) in [5.74, 6) is -0.444. The molecule has 0 amide bonds. The van der Waals surface area contributed by atoms with Gasteiger partial charge in [0.25, 0.3) is 10.0 Å². The minimum atomic E-state index is -3.82. The van der Waals surface area contributed by atoms with Gasteiger partial charge >= 0.3 is 5.97 Å². The van der Waals surface area contributed by atoms with Crippen molar-refractivity contribution >= 4 is 21.7 Å². The predicted octanol–water partition coefficient (Wildman–Crippen LogP) is 2.03. The molecule has 0 aliphatic rings. The summed E-state index contributed by atoms with van der Waals surface area (Å²) in [5.41, 5.74) is 1.19. The predicted molar refractivity (Wildman–Crippen MR) is 97.0 cm³/mol. The fourth-order valence-electron chi connectivity index (χ4n) is 2.24. The fourth-order valence-corrected chi connectivity index (χ4v) is 3.34. The Morgan fingerprint density at radius 2 is 1.96 bits per heavy atom. The second kappa shape index (κ2) is 7.96. The van der Waals surface area contributed by atoms with Gasteiger partial charge in [0.2, 0.25) is 0 Å². The molecule has 0 atom stereocenters. The summed E-state index contributed by atoms with van der Waals surface area (Å²) in [6.07, 6.45) is 2.10. The summed E-state index contributed by atoms with van der Waals surface area (Å²) in [7, 11) is -3.82. The van der Waals surface area contributed by atoms with Crippen molar-refractivity contribution in [1.29, 1.82) is 0 Å². The highest BCUT2D eigenvalue weighted by Gasteiger charge is 2.16. The monoisotopic (exact) mass is 387 g/mol. The van der Waals surface area contributed by atoms with E-state index in [1.807, 2.05) is 6.92 Å². The quantitative estimate of drug-likeness (QED) is 0.617. The van der Waals surface area contributed by atoms with Crippen molar-refractivity contribution in [3.8, 4) is 5.69 Å². The molecule has 140 valence electrons. The number of anilines is 1. The number of hydrogen-bond acceptors (Lipinski definition) is 7. The zero-order valence-corrected chi connectivity index (χ0v) is 15.3. The fraction of sp³-hybridized carbons (Fsp3) is 0.176. The molecule has 0 radical (unpaired) electrons. The molecule has 2 aromatic carbocycles. The number of carbonyl (C=O) groups excluding carboxylic acids is 1. The molecule has 1 heterocycles. The third-order valence-electron chi connectivity index (χ3n) is 3.55. The van der Waals surface area contributed by atoms with Crippen LogP contribution in [0.1, 0.15) is 23.7 Å². The van der Waals surface area contributed by atoms with Crippen molar-refractivity contribution in [3.05, 3.63) is 60.4 Å². The number of benzene rings is 2. The Morgan fingerprint density at radius 1 is 1.19 bits per heavy atom. The molecule has 10 heteroatoms. The van der Waals surface area contributed by atoms with E-state index in [0.29, 0.717) is 23.5 Å². The molecule has 3 rings (SSSR count). The Labute approximate surface area is 156 Å². The summed E-state index contributed by atoms with van der Waals surface area (Å²) in [6.45, 7) is 2.24. The number of nitrogens with zero attached hydrogens (tertiary/aromatic N) is 4. The van der Waals surface area contributed by atoms with Gasteiger partial charge in [0.1, 0.15) is 6.33 Å². The van der Waals surface area contributed by atoms with E-state index < -0.39 is 16.0 Å². The molecular weight excluding hydrogens is 370 g/mol. The molecule has 0 aliphatic carbocycles. The molecule has 0 fully saturated rings. The summed E-state index contributed by atoms with van der Waals surface area (Å²) >= 11 is 0. The molecule has 0 aliphatic heterocycles. The SMILES string of the molecule is CCCOC(=O)c1ccc(NS(=O)(=O)c2cccc(-n3cnnn3)c2)cc1. The van der Waals surface area contributed by atoms with Crippen LogP contribution in [0.15, 0.2) is 59.8 Å². The number of ether oxygens (including phenoxy) is 1. The standard InChI is InChI=1S/C17H17N5O4S/c1-2-10-26-17(23)13-6-8-14(9-7-13)19-27(24,25)16-5-3-4-15(11-16)22-12-18-20-21-22/h3-9,11-12,19H,2,10H2,1H3. The normalized spacial score (nSPS) is 11.1. The van der Waals surface area contributed by atoms with Gasteiger partial charge in [0, 0.05) is 5.69 Å². The number of esters is 1. The Kier molecular flexibility index (Phi) is 5.46. The summed E-state index contributed by atoms with van der Waals surface area (Å²) in [5, 5.41) is 10.8. The molecule has 1 N–H and O–H groups in total. The van der Waals surface area contributed by atoms with Crippen LogP contribution >= 0.6 is 0 Å². The summed E-state index contributed by atoms with van der Waals surface area (Å²) in [4.78, 5) is 11.8. The number of nitrogens with one attached hydrogen (secondary N) is 1. The van der Waals surface area contributed by atoms with Crippen LogP contribution < -0.4 is 4.72 Å². The molecule has 1 aromatic heterocycles. The van der Waals surface area contributed by atoms with Crippen molar-refractivity contribution in [1.82, 2.24) is 20.2 Å². The molecule has 0 saturated carbocycles. The number of hydrogen-bond donors (Lipinski definition) is 1. The minimum absolute atomic E-state index is 0.0573. The van der Waals surface area contributed by atoms with Gasteiger partial charge < -0.3 is 4.74 Å². The molecule has 0 spiro atoms. The first kappa shape index (κ1) is 18.5. The largest absolute Gasteiger partial charge is 0.462 e. The zero-order valence-electron chi connectivity index (χ0n) is 14.4. The first-order chi connectivity index (χ1) is 13.0. The van der Waals surface area contributed by atoms with Crippen molar-refractivity contribution in [2.75, 3.05) is 11.3 Å². The molecule has 3 aromatic rings. The van der Waals surface area contributed by atoms with Gasteiger partial charge in [0.05, 0.1) is 22.8 Å². The number of sulfonamides is 1. The number of tetrazole rings is 1. The summed E-state index contributed by atoms with van der Waals surface area (Å²) in [6, 6.07) is 12.2. The van der Waals surface area contributed by atoms with Gasteiger partial charge in [-0.25, -0.2) is 17.9 Å². The van der Waals surface area contributed by atoms with Crippen LogP contribution in [0.5, 0.6) is 0 Å². The highest BCUT2D eigenvalue weighted by Crippen LogP contribution is 2.19. The smallest absolute Gasteiger partial charge is 0.338 e. The highest BCUT2D eigenvalue weighted by atomic mass is 32.2. The van der Waals surface area contributed by atoms with Gasteiger partial charge in [-0.15, -0.1) is 5.10 Å². The second-order valence-corrected chi connectivity index (χ2v) is 7.25. The van der Waals surface area contributed by atoms with Crippen molar-refractivity contribution in [2.24, 2.45) is 0 Å². The highest BCUT2D eigenvalue weighted by molar-refractivity contribution is 7.92. The van der Waals surface area contributed by atoms with E-state index in [1.54, 1.807) is 12.1 Å². The first-order valence-electron chi connectivity index (χ1n) is 8.13. The lowest BCUT2D eigenvalue weighted by Gasteiger charge is -2.10. The minimum Gasteiger partial charge on any atom is -0.462 e. The van der Waals surface area contributed by atoms with Gasteiger partial charge in [-0.3, -0.25) is 4.72 Å².